The zero-order valence-electron chi connectivity index (χ0n) is 17.0. The number of hydrogen-bond donors (Lipinski definition) is 4. The van der Waals surface area contributed by atoms with Crippen LogP contribution in [0.1, 0.15) is 77.6 Å². The Balaban J connectivity index is 2.51. The first kappa shape index (κ1) is 24.4. The Bertz CT molecular complexity index is 529. The van der Waals surface area contributed by atoms with Crippen LogP contribution in [0.15, 0.2) is 29.5 Å². The minimum absolute atomic E-state index is 0.102. The van der Waals surface area contributed by atoms with Crippen molar-refractivity contribution in [3.8, 4) is 0 Å². The van der Waals surface area contributed by atoms with Gasteiger partial charge in [0.25, 0.3) is 0 Å². The Morgan fingerprint density at radius 2 is 1.96 bits per heavy atom. The topological polar surface area (TPSA) is 110 Å². The lowest BCUT2D eigenvalue weighted by molar-refractivity contribution is -0.137. The van der Waals surface area contributed by atoms with Gasteiger partial charge in [-0.15, -0.1) is 0 Å². The fourth-order valence-corrected chi connectivity index (χ4v) is 3.70. The van der Waals surface area contributed by atoms with Crippen molar-refractivity contribution in [2.75, 3.05) is 0 Å². The van der Waals surface area contributed by atoms with E-state index in [0.29, 0.717) is 31.4 Å². The molecular formula is C22H37NO5. The molecule has 0 spiro atoms. The molecule has 0 aliphatic heterocycles. The highest BCUT2D eigenvalue weighted by atomic mass is 16.4. The smallest absolute Gasteiger partial charge is 0.303 e. The molecule has 0 amide bonds. The van der Waals surface area contributed by atoms with Crippen LogP contribution in [0.2, 0.25) is 0 Å². The van der Waals surface area contributed by atoms with Gasteiger partial charge < -0.3 is 20.5 Å². The molecule has 4 N–H and O–H groups in total. The first-order valence-corrected chi connectivity index (χ1v) is 10.6. The van der Waals surface area contributed by atoms with Crippen molar-refractivity contribution in [3.63, 3.8) is 0 Å². The molecule has 0 bridgehead atoms. The molecular weight excluding hydrogens is 358 g/mol. The second-order valence-electron chi connectivity index (χ2n) is 7.70. The summed E-state index contributed by atoms with van der Waals surface area (Å²) in [6.45, 7) is 2.18. The van der Waals surface area contributed by atoms with Crippen molar-refractivity contribution in [2.45, 2.75) is 89.8 Å². The van der Waals surface area contributed by atoms with Crippen molar-refractivity contribution >= 4 is 11.7 Å². The Morgan fingerprint density at radius 1 is 1.21 bits per heavy atom. The molecule has 0 radical (unpaired) electrons. The van der Waals surface area contributed by atoms with Gasteiger partial charge in [-0.25, -0.2) is 0 Å². The molecule has 0 aromatic heterocycles. The fourth-order valence-electron chi connectivity index (χ4n) is 3.70. The lowest BCUT2D eigenvalue weighted by Gasteiger charge is -2.18. The maximum absolute atomic E-state index is 10.5. The van der Waals surface area contributed by atoms with Gasteiger partial charge in [0.15, 0.2) is 0 Å². The van der Waals surface area contributed by atoms with Crippen LogP contribution >= 0.6 is 0 Å². The van der Waals surface area contributed by atoms with Gasteiger partial charge in [0, 0.05) is 24.7 Å². The second-order valence-corrected chi connectivity index (χ2v) is 7.70. The third kappa shape index (κ3) is 9.51. The summed E-state index contributed by atoms with van der Waals surface area (Å²) < 4.78 is 0. The Morgan fingerprint density at radius 3 is 2.64 bits per heavy atom. The van der Waals surface area contributed by atoms with Crippen LogP contribution in [0.3, 0.4) is 0 Å². The molecule has 0 aromatic carbocycles. The van der Waals surface area contributed by atoms with E-state index in [2.05, 4.69) is 12.1 Å². The number of carboxylic acids is 1. The Hall–Kier alpha value is -1.66. The number of hydrogen-bond acceptors (Lipinski definition) is 5. The van der Waals surface area contributed by atoms with Crippen molar-refractivity contribution in [2.24, 2.45) is 17.0 Å². The SMILES string of the molecule is CCCCCCCC(O)/C=C/C1/C(=N\O)CC(O)C1C/C=C\CCCC(=O)O. The maximum atomic E-state index is 10.5. The van der Waals surface area contributed by atoms with Gasteiger partial charge >= 0.3 is 5.97 Å². The minimum Gasteiger partial charge on any atom is -0.481 e. The zero-order chi connectivity index (χ0) is 20.8. The van der Waals surface area contributed by atoms with E-state index in [1.807, 2.05) is 18.2 Å². The average Bonchev–Trinajstić information content (AvgIpc) is 2.97. The van der Waals surface area contributed by atoms with Gasteiger partial charge in [-0.05, 0) is 25.7 Å². The summed E-state index contributed by atoms with van der Waals surface area (Å²) >= 11 is 0. The summed E-state index contributed by atoms with van der Waals surface area (Å²) in [6, 6.07) is 0. The number of rotatable bonds is 14. The van der Waals surface area contributed by atoms with E-state index in [-0.39, 0.29) is 18.3 Å². The number of unbranched alkanes of at least 4 members (excludes halogenated alkanes) is 5. The van der Waals surface area contributed by atoms with Crippen LogP contribution in [0.5, 0.6) is 0 Å². The van der Waals surface area contributed by atoms with Crippen LogP contribution in [0.4, 0.5) is 0 Å². The third-order valence-electron chi connectivity index (χ3n) is 5.37. The minimum atomic E-state index is -0.794. The Kier molecular flexibility index (Phi) is 12.5. The highest BCUT2D eigenvalue weighted by Crippen LogP contribution is 2.34. The third-order valence-corrected chi connectivity index (χ3v) is 5.37. The molecule has 0 heterocycles. The van der Waals surface area contributed by atoms with Gasteiger partial charge in [-0.2, -0.15) is 0 Å². The van der Waals surface area contributed by atoms with Crippen LogP contribution in [0, 0.1) is 11.8 Å². The van der Waals surface area contributed by atoms with Crippen molar-refractivity contribution < 1.29 is 25.3 Å². The standard InChI is InChI=1S/C22H37NO5/c1-2-3-4-5-8-11-17(24)14-15-18-19(21(25)16-20(18)23-28)12-9-6-7-10-13-22(26)27/h6,9,14-15,17-19,21,24-25,28H,2-5,7-8,10-13,16H2,1H3,(H,26,27)/b9-6-,15-14+,23-20-. The molecule has 1 aliphatic rings. The molecule has 6 nitrogen and oxygen atoms in total. The number of carbonyl (C=O) groups is 1. The molecule has 0 aromatic rings. The first-order chi connectivity index (χ1) is 13.5. The summed E-state index contributed by atoms with van der Waals surface area (Å²) in [5.74, 6) is -1.09. The van der Waals surface area contributed by atoms with Gasteiger partial charge in [-0.3, -0.25) is 4.79 Å². The number of aliphatic hydroxyl groups is 2. The van der Waals surface area contributed by atoms with Crippen molar-refractivity contribution in [3.05, 3.63) is 24.3 Å². The van der Waals surface area contributed by atoms with Crippen LogP contribution < -0.4 is 0 Å². The number of oxime groups is 1. The van der Waals surface area contributed by atoms with E-state index in [0.717, 1.165) is 19.3 Å². The number of aliphatic carboxylic acids is 1. The lowest BCUT2D eigenvalue weighted by Crippen LogP contribution is -2.19. The summed E-state index contributed by atoms with van der Waals surface area (Å²) in [4.78, 5) is 10.5. The highest BCUT2D eigenvalue weighted by Gasteiger charge is 2.38. The van der Waals surface area contributed by atoms with E-state index < -0.39 is 18.2 Å². The van der Waals surface area contributed by atoms with Gasteiger partial charge in [0.05, 0.1) is 17.9 Å². The van der Waals surface area contributed by atoms with E-state index in [1.54, 1.807) is 6.08 Å². The normalized spacial score (nSPS) is 25.2. The average molecular weight is 396 g/mol. The number of aliphatic hydroxyl groups excluding tert-OH is 2. The molecule has 4 unspecified atom stereocenters. The van der Waals surface area contributed by atoms with E-state index in [4.69, 9.17) is 5.11 Å². The van der Waals surface area contributed by atoms with Crippen LogP contribution in [0.25, 0.3) is 0 Å². The van der Waals surface area contributed by atoms with Crippen LogP contribution in [-0.2, 0) is 4.79 Å². The van der Waals surface area contributed by atoms with Gasteiger partial charge in [0.1, 0.15) is 0 Å². The van der Waals surface area contributed by atoms with Gasteiger partial charge in [0.2, 0.25) is 0 Å². The molecule has 28 heavy (non-hydrogen) atoms. The summed E-state index contributed by atoms with van der Waals surface area (Å²) in [6.07, 6.45) is 15.3. The number of carboxylic acid groups (broad SMARTS) is 1. The molecule has 160 valence electrons. The van der Waals surface area contributed by atoms with Crippen LogP contribution in [-0.4, -0.2) is 44.4 Å². The second kappa shape index (κ2) is 14.4. The number of allylic oxidation sites excluding steroid dienone is 3. The highest BCUT2D eigenvalue weighted by molar-refractivity contribution is 5.90. The molecule has 1 saturated carbocycles. The summed E-state index contributed by atoms with van der Waals surface area (Å²) in [5.41, 5.74) is 0.545. The lowest BCUT2D eigenvalue weighted by atomic mass is 9.89. The Labute approximate surface area is 168 Å². The molecule has 6 heteroatoms. The van der Waals surface area contributed by atoms with E-state index >= 15 is 0 Å². The largest absolute Gasteiger partial charge is 0.481 e. The molecule has 1 aliphatic carbocycles. The quantitative estimate of drug-likeness (QED) is 0.152. The maximum Gasteiger partial charge on any atom is 0.303 e. The predicted molar refractivity (Wildman–Crippen MR) is 111 cm³/mol. The monoisotopic (exact) mass is 395 g/mol. The fraction of sp³-hybridized carbons (Fsp3) is 0.727. The summed E-state index contributed by atoms with van der Waals surface area (Å²) in [5, 5.41) is 41.8. The van der Waals surface area contributed by atoms with E-state index in [1.165, 1.54) is 19.3 Å². The molecule has 4 atom stereocenters. The molecule has 0 saturated heterocycles. The molecule has 1 fully saturated rings. The van der Waals surface area contributed by atoms with Gasteiger partial charge in [-0.1, -0.05) is 68.5 Å². The molecule has 1 rings (SSSR count). The van der Waals surface area contributed by atoms with Crippen molar-refractivity contribution in [1.82, 2.24) is 0 Å². The zero-order valence-corrected chi connectivity index (χ0v) is 17.0. The van der Waals surface area contributed by atoms with Crippen molar-refractivity contribution in [1.29, 1.82) is 0 Å². The predicted octanol–water partition coefficient (Wildman–Crippen LogP) is 4.29. The van der Waals surface area contributed by atoms with E-state index in [9.17, 15) is 20.2 Å². The summed E-state index contributed by atoms with van der Waals surface area (Å²) in [7, 11) is 0. The number of nitrogens with zero attached hydrogens (tertiary/aromatic N) is 1. The first-order valence-electron chi connectivity index (χ1n) is 10.6.